The van der Waals surface area contributed by atoms with E-state index in [0.717, 1.165) is 17.4 Å². The van der Waals surface area contributed by atoms with Gasteiger partial charge < -0.3 is 10.2 Å². The molecule has 0 saturated carbocycles. The minimum atomic E-state index is 0.635. The van der Waals surface area contributed by atoms with Gasteiger partial charge in [0.2, 0.25) is 0 Å². The molecule has 0 radical (unpaired) electrons. The van der Waals surface area contributed by atoms with E-state index in [-0.39, 0.29) is 0 Å². The molecule has 0 amide bonds. The Morgan fingerprint density at radius 1 is 1.71 bits per heavy atom. The molecule has 1 unspecified atom stereocenters. The highest BCUT2D eigenvalue weighted by molar-refractivity contribution is 7.14. The molecular weight excluding hydrogens is 216 g/mol. The Labute approximate surface area is 93.9 Å². The third-order valence-corrected chi connectivity index (χ3v) is 3.92. The highest BCUT2D eigenvalue weighted by Crippen LogP contribution is 2.22. The fourth-order valence-electron chi connectivity index (χ4n) is 1.80. The number of hydrogen-bond acceptors (Lipinski definition) is 3. The number of halogens is 1. The Bertz CT molecular complexity index is 300. The van der Waals surface area contributed by atoms with Crippen molar-refractivity contribution in [3.63, 3.8) is 0 Å². The first-order chi connectivity index (χ1) is 6.75. The second-order valence-corrected chi connectivity index (χ2v) is 5.37. The molecule has 1 aromatic heterocycles. The number of likely N-dealkylation sites (tertiary alicyclic amines) is 1. The molecule has 78 valence electrons. The lowest BCUT2D eigenvalue weighted by Crippen LogP contribution is -2.30. The standard InChI is InChI=1S/C10H15ClN2S/c1-13-4-2-9(7-13)12-6-8-3-5-14-10(8)11/h3,5,9,12H,2,4,6-7H2,1H3. The van der Waals surface area contributed by atoms with E-state index in [1.54, 1.807) is 11.3 Å². The zero-order valence-corrected chi connectivity index (χ0v) is 9.87. The van der Waals surface area contributed by atoms with Crippen molar-refractivity contribution in [2.45, 2.75) is 19.0 Å². The van der Waals surface area contributed by atoms with Crippen LogP contribution in [0.15, 0.2) is 11.4 Å². The van der Waals surface area contributed by atoms with Crippen LogP contribution >= 0.6 is 22.9 Å². The van der Waals surface area contributed by atoms with Gasteiger partial charge in [-0.25, -0.2) is 0 Å². The zero-order chi connectivity index (χ0) is 9.97. The smallest absolute Gasteiger partial charge is 0.0973 e. The van der Waals surface area contributed by atoms with Crippen LogP contribution in [0, 0.1) is 0 Å². The zero-order valence-electron chi connectivity index (χ0n) is 8.29. The van der Waals surface area contributed by atoms with E-state index in [0.29, 0.717) is 6.04 Å². The van der Waals surface area contributed by atoms with Crippen LogP contribution < -0.4 is 5.32 Å². The van der Waals surface area contributed by atoms with Crippen molar-refractivity contribution in [3.8, 4) is 0 Å². The highest BCUT2D eigenvalue weighted by Gasteiger charge is 2.18. The molecule has 14 heavy (non-hydrogen) atoms. The van der Waals surface area contributed by atoms with Crippen LogP contribution in [-0.4, -0.2) is 31.1 Å². The van der Waals surface area contributed by atoms with Gasteiger partial charge in [-0.15, -0.1) is 11.3 Å². The second-order valence-electron chi connectivity index (χ2n) is 3.85. The molecule has 2 nitrogen and oxygen atoms in total. The van der Waals surface area contributed by atoms with Crippen molar-refractivity contribution >= 4 is 22.9 Å². The Kier molecular flexibility index (Phi) is 3.44. The maximum Gasteiger partial charge on any atom is 0.0973 e. The van der Waals surface area contributed by atoms with Gasteiger partial charge in [0.15, 0.2) is 0 Å². The van der Waals surface area contributed by atoms with Crippen molar-refractivity contribution in [2.75, 3.05) is 20.1 Å². The molecule has 4 heteroatoms. The molecule has 1 aliphatic heterocycles. The summed E-state index contributed by atoms with van der Waals surface area (Å²) in [6.45, 7) is 3.26. The van der Waals surface area contributed by atoms with Crippen molar-refractivity contribution in [2.24, 2.45) is 0 Å². The Hall–Kier alpha value is -0.0900. The van der Waals surface area contributed by atoms with Crippen LogP contribution in [-0.2, 0) is 6.54 Å². The lowest BCUT2D eigenvalue weighted by atomic mass is 10.2. The maximum absolute atomic E-state index is 6.02. The van der Waals surface area contributed by atoms with Gasteiger partial charge in [-0.05, 0) is 37.0 Å². The summed E-state index contributed by atoms with van der Waals surface area (Å²) < 4.78 is 0.920. The molecule has 0 spiro atoms. The molecule has 1 saturated heterocycles. The van der Waals surface area contributed by atoms with Crippen LogP contribution in [0.25, 0.3) is 0 Å². The number of likely N-dealkylation sites (N-methyl/N-ethyl adjacent to an activating group) is 1. The summed E-state index contributed by atoms with van der Waals surface area (Å²) in [5.74, 6) is 0. The average Bonchev–Trinajstić information content (AvgIpc) is 2.72. The molecule has 1 atom stereocenters. The Balaban J connectivity index is 1.80. The van der Waals surface area contributed by atoms with Gasteiger partial charge in [0.25, 0.3) is 0 Å². The molecule has 0 aliphatic carbocycles. The predicted octanol–water partition coefficient (Wildman–Crippen LogP) is 2.20. The second kappa shape index (κ2) is 4.62. The summed E-state index contributed by atoms with van der Waals surface area (Å²) in [6, 6.07) is 2.73. The third-order valence-electron chi connectivity index (χ3n) is 2.67. The topological polar surface area (TPSA) is 15.3 Å². The monoisotopic (exact) mass is 230 g/mol. The number of hydrogen-bond donors (Lipinski definition) is 1. The molecule has 1 aromatic rings. The van der Waals surface area contributed by atoms with Gasteiger partial charge in [-0.1, -0.05) is 11.6 Å². The minimum Gasteiger partial charge on any atom is -0.309 e. The van der Waals surface area contributed by atoms with Crippen molar-refractivity contribution in [1.82, 2.24) is 10.2 Å². The highest BCUT2D eigenvalue weighted by atomic mass is 35.5. The Morgan fingerprint density at radius 2 is 2.57 bits per heavy atom. The fourth-order valence-corrected chi connectivity index (χ4v) is 2.73. The normalized spacial score (nSPS) is 23.1. The van der Waals surface area contributed by atoms with Crippen LogP contribution in [0.3, 0.4) is 0 Å². The van der Waals surface area contributed by atoms with Gasteiger partial charge in [0.1, 0.15) is 0 Å². The van der Waals surface area contributed by atoms with E-state index in [1.807, 2.05) is 5.38 Å². The summed E-state index contributed by atoms with van der Waals surface area (Å²) in [4.78, 5) is 2.35. The van der Waals surface area contributed by atoms with Crippen LogP contribution in [0.2, 0.25) is 4.34 Å². The van der Waals surface area contributed by atoms with E-state index < -0.39 is 0 Å². The van der Waals surface area contributed by atoms with Crippen LogP contribution in [0.4, 0.5) is 0 Å². The van der Waals surface area contributed by atoms with Crippen LogP contribution in [0.1, 0.15) is 12.0 Å². The lowest BCUT2D eigenvalue weighted by Gasteiger charge is -2.12. The third kappa shape index (κ3) is 2.48. The first kappa shape index (κ1) is 10.4. The minimum absolute atomic E-state index is 0.635. The van der Waals surface area contributed by atoms with Crippen molar-refractivity contribution in [3.05, 3.63) is 21.3 Å². The summed E-state index contributed by atoms with van der Waals surface area (Å²) >= 11 is 7.62. The van der Waals surface area contributed by atoms with E-state index in [2.05, 4.69) is 23.3 Å². The van der Waals surface area contributed by atoms with Gasteiger partial charge in [0, 0.05) is 19.1 Å². The summed E-state index contributed by atoms with van der Waals surface area (Å²) in [5, 5.41) is 5.58. The number of rotatable bonds is 3. The quantitative estimate of drug-likeness (QED) is 0.857. The van der Waals surface area contributed by atoms with E-state index >= 15 is 0 Å². The Morgan fingerprint density at radius 3 is 3.14 bits per heavy atom. The number of nitrogens with one attached hydrogen (secondary N) is 1. The molecule has 2 heterocycles. The van der Waals surface area contributed by atoms with Crippen LogP contribution in [0.5, 0.6) is 0 Å². The maximum atomic E-state index is 6.02. The van der Waals surface area contributed by atoms with Gasteiger partial charge in [0.05, 0.1) is 4.34 Å². The predicted molar refractivity (Wildman–Crippen MR) is 62.1 cm³/mol. The SMILES string of the molecule is CN1CCC(NCc2ccsc2Cl)C1. The number of nitrogens with zero attached hydrogens (tertiary/aromatic N) is 1. The van der Waals surface area contributed by atoms with E-state index in [9.17, 15) is 0 Å². The first-order valence-electron chi connectivity index (χ1n) is 4.89. The van der Waals surface area contributed by atoms with E-state index in [4.69, 9.17) is 11.6 Å². The van der Waals surface area contributed by atoms with Crippen molar-refractivity contribution < 1.29 is 0 Å². The molecule has 0 bridgehead atoms. The molecular formula is C10H15ClN2S. The van der Waals surface area contributed by atoms with E-state index in [1.165, 1.54) is 18.5 Å². The van der Waals surface area contributed by atoms with Gasteiger partial charge >= 0.3 is 0 Å². The number of thiophene rings is 1. The summed E-state index contributed by atoms with van der Waals surface area (Å²) in [5.41, 5.74) is 1.23. The molecule has 1 fully saturated rings. The molecule has 2 rings (SSSR count). The van der Waals surface area contributed by atoms with Gasteiger partial charge in [-0.3, -0.25) is 0 Å². The molecule has 1 N–H and O–H groups in total. The molecule has 1 aliphatic rings. The lowest BCUT2D eigenvalue weighted by molar-refractivity contribution is 0.398. The largest absolute Gasteiger partial charge is 0.309 e. The molecule has 0 aromatic carbocycles. The fraction of sp³-hybridized carbons (Fsp3) is 0.600. The van der Waals surface area contributed by atoms with Gasteiger partial charge in [-0.2, -0.15) is 0 Å². The average molecular weight is 231 g/mol. The first-order valence-corrected chi connectivity index (χ1v) is 6.15. The summed E-state index contributed by atoms with van der Waals surface area (Å²) in [6.07, 6.45) is 1.25. The summed E-state index contributed by atoms with van der Waals surface area (Å²) in [7, 11) is 2.17. The van der Waals surface area contributed by atoms with Crippen molar-refractivity contribution in [1.29, 1.82) is 0 Å².